The maximum Gasteiger partial charge on any atom is 0.416 e. The van der Waals surface area contributed by atoms with Crippen molar-refractivity contribution in [3.05, 3.63) is 29.3 Å². The van der Waals surface area contributed by atoms with Crippen LogP contribution < -0.4 is 4.90 Å². The number of amides is 1. The van der Waals surface area contributed by atoms with Gasteiger partial charge >= 0.3 is 12.3 Å². The molecule has 2 unspecified atom stereocenters. The number of fused-ring (bicyclic) bond motifs is 1. The Morgan fingerprint density at radius 3 is 2.65 bits per heavy atom. The van der Waals surface area contributed by atoms with Crippen LogP contribution in [0.1, 0.15) is 36.3 Å². The molecule has 1 N–H and O–H groups in total. The van der Waals surface area contributed by atoms with E-state index >= 15 is 0 Å². The van der Waals surface area contributed by atoms with Crippen LogP contribution in [0.3, 0.4) is 0 Å². The Balaban J connectivity index is 2.54. The number of carbonyl (C=O) groups is 1. The van der Waals surface area contributed by atoms with Crippen LogP contribution in [-0.2, 0) is 6.18 Å². The molecule has 2 rings (SSSR count). The Morgan fingerprint density at radius 2 is 2.15 bits per heavy atom. The molecule has 1 aliphatic rings. The molecule has 1 aromatic carbocycles. The predicted molar refractivity (Wildman–Crippen MR) is 69.2 cm³/mol. The quantitative estimate of drug-likeness (QED) is 0.767. The number of nitrogens with zero attached hydrogens (tertiary/aromatic N) is 1. The van der Waals surface area contributed by atoms with Gasteiger partial charge in [-0.2, -0.15) is 13.2 Å². The smallest absolute Gasteiger partial charge is 0.416 e. The van der Waals surface area contributed by atoms with Crippen LogP contribution in [0.5, 0.6) is 0 Å². The SMILES string of the molecule is CCC1CC(Cl)c2cc(C(F)(F)F)ccc2N1C(=O)O. The lowest BCUT2D eigenvalue weighted by Gasteiger charge is -2.37. The Bertz CT molecular complexity index is 533. The van der Waals surface area contributed by atoms with Gasteiger partial charge in [-0.15, -0.1) is 11.6 Å². The van der Waals surface area contributed by atoms with Crippen molar-refractivity contribution in [3.8, 4) is 0 Å². The van der Waals surface area contributed by atoms with E-state index in [-0.39, 0.29) is 17.3 Å². The molecule has 20 heavy (non-hydrogen) atoms. The zero-order valence-electron chi connectivity index (χ0n) is 10.6. The minimum absolute atomic E-state index is 0.216. The molecule has 1 aliphatic heterocycles. The van der Waals surface area contributed by atoms with Crippen molar-refractivity contribution in [1.82, 2.24) is 0 Å². The van der Waals surface area contributed by atoms with E-state index < -0.39 is 23.2 Å². The average molecular weight is 308 g/mol. The van der Waals surface area contributed by atoms with Crippen LogP contribution in [0.2, 0.25) is 0 Å². The molecule has 3 nitrogen and oxygen atoms in total. The van der Waals surface area contributed by atoms with E-state index in [1.807, 2.05) is 6.92 Å². The monoisotopic (exact) mass is 307 g/mol. The van der Waals surface area contributed by atoms with Crippen molar-refractivity contribution >= 4 is 23.4 Å². The minimum atomic E-state index is -4.47. The largest absolute Gasteiger partial charge is 0.465 e. The predicted octanol–water partition coefficient (Wildman–Crippen LogP) is 4.65. The Morgan fingerprint density at radius 1 is 1.50 bits per heavy atom. The van der Waals surface area contributed by atoms with E-state index in [1.165, 1.54) is 6.07 Å². The summed E-state index contributed by atoms with van der Waals surface area (Å²) in [5.41, 5.74) is -0.362. The van der Waals surface area contributed by atoms with Gasteiger partial charge in [0.05, 0.1) is 16.6 Å². The van der Waals surface area contributed by atoms with Crippen molar-refractivity contribution in [3.63, 3.8) is 0 Å². The second kappa shape index (κ2) is 5.16. The second-order valence-corrected chi connectivity index (χ2v) is 5.22. The molecule has 0 spiro atoms. The molecule has 0 fully saturated rings. The van der Waals surface area contributed by atoms with E-state index in [9.17, 15) is 23.1 Å². The minimum Gasteiger partial charge on any atom is -0.465 e. The highest BCUT2D eigenvalue weighted by molar-refractivity contribution is 6.21. The van der Waals surface area contributed by atoms with Gasteiger partial charge in [0.25, 0.3) is 0 Å². The lowest BCUT2D eigenvalue weighted by molar-refractivity contribution is -0.137. The number of hydrogen-bond acceptors (Lipinski definition) is 1. The van der Waals surface area contributed by atoms with E-state index in [4.69, 9.17) is 11.6 Å². The van der Waals surface area contributed by atoms with E-state index in [0.717, 1.165) is 17.0 Å². The number of carboxylic acid groups (broad SMARTS) is 1. The topological polar surface area (TPSA) is 40.5 Å². The second-order valence-electron chi connectivity index (χ2n) is 4.69. The van der Waals surface area contributed by atoms with Crippen molar-refractivity contribution in [2.45, 2.75) is 37.4 Å². The van der Waals surface area contributed by atoms with E-state index in [2.05, 4.69) is 0 Å². The van der Waals surface area contributed by atoms with E-state index in [1.54, 1.807) is 0 Å². The normalized spacial score (nSPS) is 22.6. The number of rotatable bonds is 1. The maximum absolute atomic E-state index is 12.7. The molecular formula is C13H13ClF3NO2. The Kier molecular flexibility index (Phi) is 3.86. The average Bonchev–Trinajstić information content (AvgIpc) is 2.36. The fourth-order valence-electron chi connectivity index (χ4n) is 2.48. The van der Waals surface area contributed by atoms with Crippen LogP contribution >= 0.6 is 11.6 Å². The fraction of sp³-hybridized carbons (Fsp3) is 0.462. The Labute approximate surface area is 118 Å². The molecule has 0 bridgehead atoms. The summed E-state index contributed by atoms with van der Waals surface area (Å²) in [5, 5.41) is 8.64. The van der Waals surface area contributed by atoms with Crippen molar-refractivity contribution in [2.24, 2.45) is 0 Å². The molecular weight excluding hydrogens is 295 g/mol. The Hall–Kier alpha value is -1.43. The molecule has 2 atom stereocenters. The zero-order valence-corrected chi connectivity index (χ0v) is 11.4. The third-order valence-corrected chi connectivity index (χ3v) is 3.89. The molecule has 0 saturated carbocycles. The number of hydrogen-bond donors (Lipinski definition) is 1. The molecule has 110 valence electrons. The molecule has 0 aromatic heterocycles. The summed E-state index contributed by atoms with van der Waals surface area (Å²) in [4.78, 5) is 12.4. The van der Waals surface area contributed by atoms with Crippen LogP contribution in [0, 0.1) is 0 Å². The zero-order chi connectivity index (χ0) is 15.1. The first-order valence-corrected chi connectivity index (χ1v) is 6.56. The van der Waals surface area contributed by atoms with Gasteiger partial charge in [-0.1, -0.05) is 6.92 Å². The summed E-state index contributed by atoms with van der Waals surface area (Å²) in [6.07, 6.45) is -4.79. The van der Waals surface area contributed by atoms with Crippen LogP contribution in [0.25, 0.3) is 0 Å². The van der Waals surface area contributed by atoms with Gasteiger partial charge in [0.2, 0.25) is 0 Å². The van der Waals surface area contributed by atoms with Crippen LogP contribution in [-0.4, -0.2) is 17.2 Å². The van der Waals surface area contributed by atoms with Gasteiger partial charge in [0.1, 0.15) is 0 Å². The lowest BCUT2D eigenvalue weighted by Crippen LogP contribution is -2.43. The molecule has 1 amide bonds. The number of anilines is 1. The lowest BCUT2D eigenvalue weighted by atomic mass is 9.92. The van der Waals surface area contributed by atoms with Crippen LogP contribution in [0.15, 0.2) is 18.2 Å². The van der Waals surface area contributed by atoms with Gasteiger partial charge in [-0.3, -0.25) is 4.90 Å². The summed E-state index contributed by atoms with van der Waals surface area (Å²) in [5.74, 6) is 0. The number of halogens is 4. The van der Waals surface area contributed by atoms with Crippen molar-refractivity contribution < 1.29 is 23.1 Å². The molecule has 0 aliphatic carbocycles. The molecule has 1 heterocycles. The van der Waals surface area contributed by atoms with Gasteiger partial charge in [0.15, 0.2) is 0 Å². The van der Waals surface area contributed by atoms with Crippen molar-refractivity contribution in [2.75, 3.05) is 4.90 Å². The number of alkyl halides is 4. The van der Waals surface area contributed by atoms with Gasteiger partial charge in [-0.25, -0.2) is 4.79 Å². The molecule has 0 saturated heterocycles. The third-order valence-electron chi connectivity index (χ3n) is 3.47. The summed E-state index contributed by atoms with van der Waals surface area (Å²) in [7, 11) is 0. The summed E-state index contributed by atoms with van der Waals surface area (Å²) in [6, 6.07) is 2.69. The summed E-state index contributed by atoms with van der Waals surface area (Å²) in [6.45, 7) is 1.82. The maximum atomic E-state index is 12.7. The highest BCUT2D eigenvalue weighted by atomic mass is 35.5. The molecule has 7 heteroatoms. The first-order valence-electron chi connectivity index (χ1n) is 6.13. The standard InChI is InChI=1S/C13H13ClF3NO2/c1-2-8-6-10(14)9-5-7(13(15,16)17)3-4-11(9)18(8)12(19)20/h3-5,8,10H,2,6H2,1H3,(H,19,20). The van der Waals surface area contributed by atoms with Crippen LogP contribution in [0.4, 0.5) is 23.7 Å². The first kappa shape index (κ1) is 15.0. The van der Waals surface area contributed by atoms with Crippen molar-refractivity contribution in [1.29, 1.82) is 0 Å². The van der Waals surface area contributed by atoms with Gasteiger partial charge in [-0.05, 0) is 36.6 Å². The summed E-state index contributed by atoms with van der Waals surface area (Å²) >= 11 is 6.13. The molecule has 1 aromatic rings. The highest BCUT2D eigenvalue weighted by Crippen LogP contribution is 2.44. The first-order chi connectivity index (χ1) is 9.25. The summed E-state index contributed by atoms with van der Waals surface area (Å²) < 4.78 is 38.1. The fourth-order valence-corrected chi connectivity index (χ4v) is 2.86. The third kappa shape index (κ3) is 2.57. The van der Waals surface area contributed by atoms with Gasteiger partial charge in [0, 0.05) is 6.04 Å². The number of benzene rings is 1. The van der Waals surface area contributed by atoms with E-state index in [0.29, 0.717) is 12.8 Å². The molecule has 0 radical (unpaired) electrons. The van der Waals surface area contributed by atoms with Gasteiger partial charge < -0.3 is 5.11 Å². The highest BCUT2D eigenvalue weighted by Gasteiger charge is 2.37.